The second-order valence-electron chi connectivity index (χ2n) is 6.59. The number of likely N-dealkylation sites (N-methyl/N-ethyl adjacent to an activating group) is 1. The van der Waals surface area contributed by atoms with E-state index in [-0.39, 0.29) is 17.4 Å². The highest BCUT2D eigenvalue weighted by Gasteiger charge is 2.30. The van der Waals surface area contributed by atoms with Crippen LogP contribution < -0.4 is 4.90 Å². The lowest BCUT2D eigenvalue weighted by molar-refractivity contribution is 0.0697. The topological polar surface area (TPSA) is 72.5 Å². The minimum absolute atomic E-state index is 0.222. The standard InChI is InChI=1S/C19H19FN4O2/c1-23-7-8-24(13-4-2-3-12(9-13)19(25)26)16(11-23)15-10-22-18-14(17(15)20)5-6-21-18/h2-6,9-10,16H,7-8,11H2,1H3,(H,21,22)(H,25,26). The molecule has 2 N–H and O–H groups in total. The van der Waals surface area contributed by atoms with Crippen molar-refractivity contribution < 1.29 is 14.3 Å². The molecule has 0 spiro atoms. The third-order valence-electron chi connectivity index (χ3n) is 4.92. The maximum atomic E-state index is 15.1. The van der Waals surface area contributed by atoms with Crippen LogP contribution in [0.2, 0.25) is 0 Å². The van der Waals surface area contributed by atoms with E-state index in [0.29, 0.717) is 29.7 Å². The van der Waals surface area contributed by atoms with Crippen molar-refractivity contribution in [3.05, 3.63) is 59.7 Å². The summed E-state index contributed by atoms with van der Waals surface area (Å²) in [5.74, 6) is -1.25. The second kappa shape index (κ2) is 6.42. The minimum atomic E-state index is -0.973. The molecular formula is C19H19FN4O2. The van der Waals surface area contributed by atoms with Crippen molar-refractivity contribution in [2.24, 2.45) is 0 Å². The smallest absolute Gasteiger partial charge is 0.335 e. The SMILES string of the molecule is CN1CCN(c2cccc(C(=O)O)c2)C(c2cnc3[nH]ccc3c2F)C1. The molecule has 0 radical (unpaired) electrons. The van der Waals surface area contributed by atoms with Gasteiger partial charge in [0.15, 0.2) is 0 Å². The average molecular weight is 354 g/mol. The Kier molecular flexibility index (Phi) is 4.08. The first-order valence-electron chi connectivity index (χ1n) is 8.44. The summed E-state index contributed by atoms with van der Waals surface area (Å²) in [4.78, 5) is 22.8. The zero-order valence-corrected chi connectivity index (χ0v) is 14.3. The largest absolute Gasteiger partial charge is 0.478 e. The number of hydrogen-bond acceptors (Lipinski definition) is 4. The highest BCUT2D eigenvalue weighted by Crippen LogP contribution is 2.33. The van der Waals surface area contributed by atoms with Crippen LogP contribution >= 0.6 is 0 Å². The van der Waals surface area contributed by atoms with Gasteiger partial charge in [0.1, 0.15) is 11.5 Å². The van der Waals surface area contributed by atoms with Crippen molar-refractivity contribution in [2.75, 3.05) is 31.6 Å². The van der Waals surface area contributed by atoms with Crippen LogP contribution in [0.25, 0.3) is 11.0 Å². The van der Waals surface area contributed by atoms with Crippen LogP contribution in [-0.2, 0) is 0 Å². The zero-order chi connectivity index (χ0) is 18.3. The lowest BCUT2D eigenvalue weighted by Crippen LogP contribution is -2.47. The van der Waals surface area contributed by atoms with Crippen LogP contribution in [0.5, 0.6) is 0 Å². The van der Waals surface area contributed by atoms with Gasteiger partial charge >= 0.3 is 5.97 Å². The number of fused-ring (bicyclic) bond motifs is 1. The van der Waals surface area contributed by atoms with Gasteiger partial charge in [-0.05, 0) is 31.3 Å². The Morgan fingerprint density at radius 3 is 3.00 bits per heavy atom. The van der Waals surface area contributed by atoms with E-state index in [1.54, 1.807) is 36.7 Å². The number of pyridine rings is 1. The van der Waals surface area contributed by atoms with E-state index in [2.05, 4.69) is 19.8 Å². The lowest BCUT2D eigenvalue weighted by Gasteiger charge is -2.41. The Bertz CT molecular complexity index is 971. The fourth-order valence-corrected chi connectivity index (χ4v) is 3.54. The molecule has 26 heavy (non-hydrogen) atoms. The van der Waals surface area contributed by atoms with Crippen LogP contribution in [0.3, 0.4) is 0 Å². The molecule has 3 heterocycles. The average Bonchev–Trinajstić information content (AvgIpc) is 3.12. The summed E-state index contributed by atoms with van der Waals surface area (Å²) in [6.45, 7) is 2.12. The van der Waals surface area contributed by atoms with Crippen LogP contribution in [-0.4, -0.2) is 52.6 Å². The molecule has 0 aliphatic carbocycles. The molecule has 4 rings (SSSR count). The molecule has 1 atom stereocenters. The Morgan fingerprint density at radius 1 is 1.35 bits per heavy atom. The first-order valence-corrected chi connectivity index (χ1v) is 8.44. The molecule has 7 heteroatoms. The number of carbonyl (C=O) groups is 1. The molecule has 3 aromatic rings. The Labute approximate surface area is 149 Å². The summed E-state index contributed by atoms with van der Waals surface area (Å²) < 4.78 is 15.1. The maximum absolute atomic E-state index is 15.1. The number of aromatic amines is 1. The number of hydrogen-bond donors (Lipinski definition) is 2. The van der Waals surface area contributed by atoms with Gasteiger partial charge in [0.25, 0.3) is 0 Å². The van der Waals surface area contributed by atoms with E-state index in [0.717, 1.165) is 12.2 Å². The van der Waals surface area contributed by atoms with Crippen molar-refractivity contribution in [3.8, 4) is 0 Å². The molecule has 0 bridgehead atoms. The van der Waals surface area contributed by atoms with Crippen LogP contribution in [0.1, 0.15) is 22.0 Å². The minimum Gasteiger partial charge on any atom is -0.478 e. The van der Waals surface area contributed by atoms with Crippen LogP contribution in [0.4, 0.5) is 10.1 Å². The molecule has 1 aromatic carbocycles. The normalized spacial score (nSPS) is 18.4. The van der Waals surface area contributed by atoms with E-state index in [9.17, 15) is 9.90 Å². The molecule has 1 saturated heterocycles. The number of nitrogens with zero attached hydrogens (tertiary/aromatic N) is 3. The van der Waals surface area contributed by atoms with Gasteiger partial charge in [0.2, 0.25) is 0 Å². The molecule has 1 unspecified atom stereocenters. The molecular weight excluding hydrogens is 335 g/mol. The fourth-order valence-electron chi connectivity index (χ4n) is 3.54. The summed E-state index contributed by atoms with van der Waals surface area (Å²) in [5, 5.41) is 9.74. The molecule has 1 aliphatic heterocycles. The predicted molar refractivity (Wildman–Crippen MR) is 97.0 cm³/mol. The van der Waals surface area contributed by atoms with E-state index in [4.69, 9.17) is 0 Å². The van der Waals surface area contributed by atoms with E-state index >= 15 is 4.39 Å². The van der Waals surface area contributed by atoms with Crippen molar-refractivity contribution in [2.45, 2.75) is 6.04 Å². The summed E-state index contributed by atoms with van der Waals surface area (Å²) in [6, 6.07) is 8.22. The quantitative estimate of drug-likeness (QED) is 0.757. The number of H-pyrrole nitrogens is 1. The monoisotopic (exact) mass is 354 g/mol. The summed E-state index contributed by atoms with van der Waals surface area (Å²) in [5.41, 5.74) is 2.04. The van der Waals surface area contributed by atoms with E-state index in [1.807, 2.05) is 13.1 Å². The van der Waals surface area contributed by atoms with Gasteiger partial charge in [-0.1, -0.05) is 6.07 Å². The maximum Gasteiger partial charge on any atom is 0.335 e. The molecule has 6 nitrogen and oxygen atoms in total. The highest BCUT2D eigenvalue weighted by molar-refractivity contribution is 5.89. The van der Waals surface area contributed by atoms with E-state index < -0.39 is 5.97 Å². The van der Waals surface area contributed by atoms with Crippen LogP contribution in [0, 0.1) is 5.82 Å². The van der Waals surface area contributed by atoms with Crippen LogP contribution in [0.15, 0.2) is 42.7 Å². The number of nitrogens with one attached hydrogen (secondary N) is 1. The van der Waals surface area contributed by atoms with Gasteiger partial charge in [0, 0.05) is 43.3 Å². The molecule has 0 amide bonds. The van der Waals surface area contributed by atoms with Crippen molar-refractivity contribution >= 4 is 22.7 Å². The van der Waals surface area contributed by atoms with E-state index in [1.165, 1.54) is 0 Å². The number of anilines is 1. The first kappa shape index (κ1) is 16.5. The highest BCUT2D eigenvalue weighted by atomic mass is 19.1. The van der Waals surface area contributed by atoms with Crippen molar-refractivity contribution in [1.29, 1.82) is 0 Å². The third-order valence-corrected chi connectivity index (χ3v) is 4.92. The summed E-state index contributed by atoms with van der Waals surface area (Å²) >= 11 is 0. The van der Waals surface area contributed by atoms with Gasteiger partial charge in [0.05, 0.1) is 17.0 Å². The Balaban J connectivity index is 1.79. The fraction of sp³-hybridized carbons (Fsp3) is 0.263. The molecule has 0 saturated carbocycles. The second-order valence-corrected chi connectivity index (χ2v) is 6.59. The van der Waals surface area contributed by atoms with Gasteiger partial charge in [-0.3, -0.25) is 0 Å². The number of piperazine rings is 1. The predicted octanol–water partition coefficient (Wildman–Crippen LogP) is 2.89. The number of aromatic nitrogens is 2. The number of carboxylic acid groups (broad SMARTS) is 1. The zero-order valence-electron chi connectivity index (χ0n) is 14.3. The van der Waals surface area contributed by atoms with Crippen molar-refractivity contribution in [1.82, 2.24) is 14.9 Å². The number of rotatable bonds is 3. The number of aromatic carboxylic acids is 1. The molecule has 1 fully saturated rings. The first-order chi connectivity index (χ1) is 12.5. The molecule has 2 aromatic heterocycles. The van der Waals surface area contributed by atoms with Gasteiger partial charge < -0.3 is 19.9 Å². The van der Waals surface area contributed by atoms with Crippen molar-refractivity contribution in [3.63, 3.8) is 0 Å². The number of benzene rings is 1. The van der Waals surface area contributed by atoms with Gasteiger partial charge in [-0.2, -0.15) is 0 Å². The lowest BCUT2D eigenvalue weighted by atomic mass is 10.0. The summed E-state index contributed by atoms with van der Waals surface area (Å²) in [6.07, 6.45) is 3.25. The Morgan fingerprint density at radius 2 is 2.19 bits per heavy atom. The molecule has 134 valence electrons. The van der Waals surface area contributed by atoms with Gasteiger partial charge in [-0.15, -0.1) is 0 Å². The molecule has 1 aliphatic rings. The Hall–Kier alpha value is -2.93. The van der Waals surface area contributed by atoms with Gasteiger partial charge in [-0.25, -0.2) is 14.2 Å². The number of carboxylic acids is 1. The number of halogens is 1. The summed E-state index contributed by atoms with van der Waals surface area (Å²) in [7, 11) is 2.00. The third kappa shape index (κ3) is 2.80.